The van der Waals surface area contributed by atoms with Crippen molar-refractivity contribution in [3.8, 4) is 12.8 Å². The summed E-state index contributed by atoms with van der Waals surface area (Å²) in [6.45, 7) is 10.2. The van der Waals surface area contributed by atoms with Crippen LogP contribution in [0, 0.1) is 26.7 Å². The number of hydrogen-bond donors (Lipinski definition) is 0. The van der Waals surface area contributed by atoms with Crippen LogP contribution >= 0.6 is 0 Å². The molecule has 0 N–H and O–H groups in total. The molecule has 0 spiro atoms. The Morgan fingerprint density at radius 3 is 1.77 bits per heavy atom. The molecule has 13 heavy (non-hydrogen) atoms. The van der Waals surface area contributed by atoms with Crippen LogP contribution in [0.5, 0.6) is 0 Å². The van der Waals surface area contributed by atoms with Crippen molar-refractivity contribution < 1.29 is 0 Å². The lowest BCUT2D eigenvalue weighted by Crippen LogP contribution is -1.88. The van der Waals surface area contributed by atoms with E-state index in [0.717, 1.165) is 5.57 Å². The van der Waals surface area contributed by atoms with Crippen LogP contribution in [0.4, 0.5) is 0 Å². The zero-order chi connectivity index (χ0) is 10.4. The van der Waals surface area contributed by atoms with Gasteiger partial charge in [0.25, 0.3) is 0 Å². The Labute approximate surface area is 81.3 Å². The largest absolute Gasteiger partial charge is 0.124 e. The summed E-state index contributed by atoms with van der Waals surface area (Å²) in [6, 6.07) is 6.32. The van der Waals surface area contributed by atoms with E-state index in [4.69, 9.17) is 0 Å². The number of aryl methyl sites for hydroxylation is 2. The van der Waals surface area contributed by atoms with Crippen molar-refractivity contribution in [1.29, 1.82) is 0 Å². The van der Waals surface area contributed by atoms with E-state index < -0.39 is 0 Å². The van der Waals surface area contributed by atoms with Crippen molar-refractivity contribution in [2.75, 3.05) is 0 Å². The highest BCUT2D eigenvalue weighted by Gasteiger charge is 2.00. The van der Waals surface area contributed by atoms with Crippen LogP contribution in [0.1, 0.15) is 23.6 Å². The molecule has 0 aliphatic carbocycles. The zero-order valence-electron chi connectivity index (χ0n) is 8.59. The smallest absolute Gasteiger partial charge is 0.0175 e. The normalized spacial score (nSPS) is 8.38. The van der Waals surface area contributed by atoms with Crippen LogP contribution < -0.4 is 0 Å². The van der Waals surface area contributed by atoms with Crippen LogP contribution in [0.25, 0.3) is 5.57 Å². The maximum Gasteiger partial charge on any atom is -0.0175 e. The zero-order valence-corrected chi connectivity index (χ0v) is 8.59. The molecule has 0 saturated carbocycles. The molecule has 0 nitrogen and oxygen atoms in total. The van der Waals surface area contributed by atoms with Gasteiger partial charge < -0.3 is 0 Å². The van der Waals surface area contributed by atoms with Crippen LogP contribution in [0.3, 0.4) is 0 Å². The third-order valence-electron chi connectivity index (χ3n) is 1.91. The van der Waals surface area contributed by atoms with Gasteiger partial charge in [-0.2, -0.15) is 0 Å². The second-order valence-corrected chi connectivity index (χ2v) is 3.05. The summed E-state index contributed by atoms with van der Waals surface area (Å²) >= 11 is 0. The third kappa shape index (κ3) is 2.80. The summed E-state index contributed by atoms with van der Waals surface area (Å²) in [5.41, 5.74) is 5.10. The van der Waals surface area contributed by atoms with E-state index in [1.54, 1.807) is 0 Å². The van der Waals surface area contributed by atoms with Crippen molar-refractivity contribution in [3.63, 3.8) is 0 Å². The molecule has 0 fully saturated rings. The van der Waals surface area contributed by atoms with Gasteiger partial charge in [-0.1, -0.05) is 30.4 Å². The number of benzene rings is 1. The minimum Gasteiger partial charge on any atom is -0.124 e. The molecule has 0 atom stereocenters. The predicted octanol–water partition coefficient (Wildman–Crippen LogP) is 3.59. The molecule has 0 unspecified atom stereocenters. The number of terminal acetylenes is 1. The molecule has 0 heterocycles. The highest BCUT2D eigenvalue weighted by Crippen LogP contribution is 2.20. The number of rotatable bonds is 1. The van der Waals surface area contributed by atoms with Crippen molar-refractivity contribution in [2.45, 2.75) is 20.8 Å². The summed E-state index contributed by atoms with van der Waals surface area (Å²) in [6.07, 6.45) is 8.00. The summed E-state index contributed by atoms with van der Waals surface area (Å²) in [7, 11) is 0. The van der Waals surface area contributed by atoms with Gasteiger partial charge in [-0.15, -0.1) is 12.8 Å². The van der Waals surface area contributed by atoms with Gasteiger partial charge >= 0.3 is 0 Å². The van der Waals surface area contributed by atoms with E-state index >= 15 is 0 Å². The molecule has 1 aromatic carbocycles. The maximum absolute atomic E-state index is 4.00. The Balaban J connectivity index is 0.000000671. The number of hydrogen-bond acceptors (Lipinski definition) is 0. The van der Waals surface area contributed by atoms with Crippen LogP contribution in [-0.2, 0) is 0 Å². The Morgan fingerprint density at radius 2 is 1.54 bits per heavy atom. The van der Waals surface area contributed by atoms with Gasteiger partial charge in [0.1, 0.15) is 0 Å². The van der Waals surface area contributed by atoms with Crippen molar-refractivity contribution in [3.05, 3.63) is 41.5 Å². The van der Waals surface area contributed by atoms with E-state index in [1.807, 2.05) is 0 Å². The summed E-state index contributed by atoms with van der Waals surface area (Å²) in [5.74, 6) is 0. The lowest BCUT2D eigenvalue weighted by atomic mass is 9.98. The average Bonchev–Trinajstić information content (AvgIpc) is 2.07. The molecule has 0 aliphatic rings. The fraction of sp³-hybridized carbons (Fsp3) is 0.231. The van der Waals surface area contributed by atoms with Gasteiger partial charge in [0.2, 0.25) is 0 Å². The fourth-order valence-corrected chi connectivity index (χ4v) is 1.49. The molecular formula is C13H16. The topological polar surface area (TPSA) is 0 Å². The Morgan fingerprint density at radius 1 is 1.15 bits per heavy atom. The summed E-state index contributed by atoms with van der Waals surface area (Å²) in [5, 5.41) is 0. The Hall–Kier alpha value is -1.48. The van der Waals surface area contributed by atoms with Crippen LogP contribution in [0.2, 0.25) is 0 Å². The molecule has 0 aromatic heterocycles. The molecule has 1 rings (SSSR count). The van der Waals surface area contributed by atoms with Gasteiger partial charge in [-0.25, -0.2) is 0 Å². The van der Waals surface area contributed by atoms with Crippen molar-refractivity contribution in [1.82, 2.24) is 0 Å². The lowest BCUT2D eigenvalue weighted by molar-refractivity contribution is 1.33. The highest BCUT2D eigenvalue weighted by molar-refractivity contribution is 5.67. The quantitative estimate of drug-likeness (QED) is 0.568. The Bertz CT molecular complexity index is 296. The van der Waals surface area contributed by atoms with Crippen molar-refractivity contribution >= 4 is 5.57 Å². The van der Waals surface area contributed by atoms with Crippen molar-refractivity contribution in [2.24, 2.45) is 0 Å². The minimum atomic E-state index is 1.15. The van der Waals surface area contributed by atoms with Crippen LogP contribution in [-0.4, -0.2) is 0 Å². The average molecular weight is 172 g/mol. The lowest BCUT2D eigenvalue weighted by Gasteiger charge is -2.07. The molecule has 0 heteroatoms. The van der Waals surface area contributed by atoms with Crippen LogP contribution in [0.15, 0.2) is 24.8 Å². The predicted molar refractivity (Wildman–Crippen MR) is 60.5 cm³/mol. The van der Waals surface area contributed by atoms with Gasteiger partial charge in [0.15, 0.2) is 0 Å². The SMILES string of the molecule is C#C.C=C(C)c1c(C)cccc1C. The van der Waals surface area contributed by atoms with Gasteiger partial charge in [-0.05, 0) is 37.5 Å². The third-order valence-corrected chi connectivity index (χ3v) is 1.91. The monoisotopic (exact) mass is 172 g/mol. The van der Waals surface area contributed by atoms with E-state index in [9.17, 15) is 0 Å². The van der Waals surface area contributed by atoms with Gasteiger partial charge in [-0.3, -0.25) is 0 Å². The van der Waals surface area contributed by atoms with E-state index in [2.05, 4.69) is 58.4 Å². The van der Waals surface area contributed by atoms with E-state index in [1.165, 1.54) is 16.7 Å². The van der Waals surface area contributed by atoms with Gasteiger partial charge in [0.05, 0.1) is 0 Å². The Kier molecular flexibility index (Phi) is 4.62. The fourth-order valence-electron chi connectivity index (χ4n) is 1.49. The second-order valence-electron chi connectivity index (χ2n) is 3.05. The first-order valence-corrected chi connectivity index (χ1v) is 4.18. The molecule has 0 saturated heterocycles. The standard InChI is InChI=1S/C11H14.C2H2/c1-8(2)11-9(3)6-5-7-10(11)4;1-2/h5-7H,1H2,2-4H3;1-2H. The molecular weight excluding hydrogens is 156 g/mol. The second kappa shape index (κ2) is 5.22. The molecule has 0 amide bonds. The molecule has 0 aliphatic heterocycles. The summed E-state index contributed by atoms with van der Waals surface area (Å²) in [4.78, 5) is 0. The first-order chi connectivity index (χ1) is 6.13. The molecule has 1 aromatic rings. The minimum absolute atomic E-state index is 1.15. The molecule has 68 valence electrons. The molecule has 0 bridgehead atoms. The molecule has 0 radical (unpaired) electrons. The van der Waals surface area contributed by atoms with Gasteiger partial charge in [0, 0.05) is 0 Å². The first kappa shape index (κ1) is 11.5. The van der Waals surface area contributed by atoms with E-state index in [-0.39, 0.29) is 0 Å². The van der Waals surface area contributed by atoms with E-state index in [0.29, 0.717) is 0 Å². The number of allylic oxidation sites excluding steroid dienone is 1. The maximum atomic E-state index is 4.00. The highest BCUT2D eigenvalue weighted by atomic mass is 14.1. The first-order valence-electron chi connectivity index (χ1n) is 4.18. The summed E-state index contributed by atoms with van der Waals surface area (Å²) < 4.78 is 0.